The molecule has 1 amide bonds. The summed E-state index contributed by atoms with van der Waals surface area (Å²) in [5, 5.41) is 0.647. The van der Waals surface area contributed by atoms with Gasteiger partial charge in [-0.1, -0.05) is 23.7 Å². The van der Waals surface area contributed by atoms with Gasteiger partial charge in [-0.2, -0.15) is 0 Å². The fraction of sp³-hybridized carbons (Fsp3) is 0.300. The van der Waals surface area contributed by atoms with E-state index >= 15 is 0 Å². The molecule has 1 fully saturated rings. The van der Waals surface area contributed by atoms with Crippen LogP contribution in [-0.2, 0) is 11.3 Å². The molecule has 0 atom stereocenters. The maximum absolute atomic E-state index is 12.4. The summed E-state index contributed by atoms with van der Waals surface area (Å²) < 4.78 is 5.55. The molecule has 0 aliphatic carbocycles. The van der Waals surface area contributed by atoms with Crippen molar-refractivity contribution in [3.8, 4) is 5.75 Å². The number of imidazole rings is 1. The van der Waals surface area contributed by atoms with Gasteiger partial charge in [-0.25, -0.2) is 4.98 Å². The zero-order valence-corrected chi connectivity index (χ0v) is 15.7. The Hall–Kier alpha value is -2.57. The predicted octanol–water partition coefficient (Wildman–Crippen LogP) is 2.94. The number of aromatic amines is 1. The Morgan fingerprint density at radius 1 is 1.07 bits per heavy atom. The lowest BCUT2D eigenvalue weighted by molar-refractivity contribution is -0.135. The lowest BCUT2D eigenvalue weighted by Crippen LogP contribution is -2.49. The lowest BCUT2D eigenvalue weighted by atomic mass is 10.3. The van der Waals surface area contributed by atoms with E-state index in [1.165, 1.54) is 0 Å². The second-order valence-corrected chi connectivity index (χ2v) is 7.04. The molecule has 0 unspecified atom stereocenters. The number of H-pyrrole nitrogens is 1. The highest BCUT2D eigenvalue weighted by atomic mass is 35.5. The second-order valence-electron chi connectivity index (χ2n) is 6.60. The van der Waals surface area contributed by atoms with E-state index in [4.69, 9.17) is 16.3 Å². The average molecular weight is 385 g/mol. The highest BCUT2D eigenvalue weighted by Crippen LogP contribution is 2.16. The average Bonchev–Trinajstić information content (AvgIpc) is 3.10. The third-order valence-corrected chi connectivity index (χ3v) is 4.96. The number of ether oxygens (including phenoxy) is 1. The molecule has 3 aromatic rings. The first kappa shape index (κ1) is 17.8. The predicted molar refractivity (Wildman–Crippen MR) is 105 cm³/mol. The number of amides is 1. The van der Waals surface area contributed by atoms with Crippen molar-refractivity contribution < 1.29 is 9.53 Å². The first-order valence-electron chi connectivity index (χ1n) is 8.99. The number of nitrogens with zero attached hydrogens (tertiary/aromatic N) is 3. The quantitative estimate of drug-likeness (QED) is 0.734. The molecule has 1 aliphatic heterocycles. The number of halogens is 1. The number of para-hydroxylation sites is 2. The minimum absolute atomic E-state index is 0.00772. The molecule has 2 aromatic carbocycles. The molecule has 7 heteroatoms. The van der Waals surface area contributed by atoms with Crippen molar-refractivity contribution in [2.75, 3.05) is 32.8 Å². The highest BCUT2D eigenvalue weighted by molar-refractivity contribution is 6.30. The molecule has 27 heavy (non-hydrogen) atoms. The van der Waals surface area contributed by atoms with Gasteiger partial charge in [0.2, 0.25) is 0 Å². The summed E-state index contributed by atoms with van der Waals surface area (Å²) in [6.07, 6.45) is 0. The molecule has 140 valence electrons. The van der Waals surface area contributed by atoms with Crippen LogP contribution in [0.1, 0.15) is 5.82 Å². The number of aromatic nitrogens is 2. The molecule has 0 radical (unpaired) electrons. The topological polar surface area (TPSA) is 61.5 Å². The summed E-state index contributed by atoms with van der Waals surface area (Å²) in [5.74, 6) is 1.62. The monoisotopic (exact) mass is 384 g/mol. The van der Waals surface area contributed by atoms with E-state index in [0.29, 0.717) is 23.9 Å². The van der Waals surface area contributed by atoms with E-state index in [-0.39, 0.29) is 12.5 Å². The van der Waals surface area contributed by atoms with Crippen LogP contribution < -0.4 is 4.74 Å². The van der Waals surface area contributed by atoms with Crippen LogP contribution in [0.15, 0.2) is 48.5 Å². The van der Waals surface area contributed by atoms with Crippen molar-refractivity contribution in [3.63, 3.8) is 0 Å². The fourth-order valence-electron chi connectivity index (χ4n) is 3.21. The minimum Gasteiger partial charge on any atom is -0.484 e. The molecule has 1 N–H and O–H groups in total. The van der Waals surface area contributed by atoms with Gasteiger partial charge in [0.15, 0.2) is 6.61 Å². The SMILES string of the molecule is O=C(COc1ccc(Cl)cc1)N1CCN(Cc2nc3ccccc3[nH]2)CC1. The maximum Gasteiger partial charge on any atom is 0.260 e. The number of carbonyl (C=O) groups excluding carboxylic acids is 1. The molecule has 0 bridgehead atoms. The molecule has 1 aliphatic rings. The van der Waals surface area contributed by atoms with Crippen LogP contribution in [-0.4, -0.2) is 58.5 Å². The van der Waals surface area contributed by atoms with Gasteiger partial charge in [0.05, 0.1) is 17.6 Å². The number of benzene rings is 2. The summed E-state index contributed by atoms with van der Waals surface area (Å²) >= 11 is 5.85. The Bertz CT molecular complexity index is 884. The number of nitrogens with one attached hydrogen (secondary N) is 1. The molecular weight excluding hydrogens is 364 g/mol. The Labute approximate surface area is 162 Å². The van der Waals surface area contributed by atoms with E-state index in [1.807, 2.05) is 29.2 Å². The number of rotatable bonds is 5. The van der Waals surface area contributed by atoms with Crippen molar-refractivity contribution >= 4 is 28.5 Å². The van der Waals surface area contributed by atoms with Crippen LogP contribution in [0.4, 0.5) is 0 Å². The van der Waals surface area contributed by atoms with Gasteiger partial charge in [0.25, 0.3) is 5.91 Å². The summed E-state index contributed by atoms with van der Waals surface area (Å²) in [6.45, 7) is 3.85. The standard InChI is InChI=1S/C20H21ClN4O2/c21-15-5-7-16(8-6-15)27-14-20(26)25-11-9-24(10-12-25)13-19-22-17-3-1-2-4-18(17)23-19/h1-8H,9-14H2,(H,22,23). The molecule has 0 spiro atoms. The lowest BCUT2D eigenvalue weighted by Gasteiger charge is -2.34. The van der Waals surface area contributed by atoms with Crippen molar-refractivity contribution in [1.29, 1.82) is 0 Å². The first-order valence-corrected chi connectivity index (χ1v) is 9.37. The van der Waals surface area contributed by atoms with Gasteiger partial charge in [-0.3, -0.25) is 9.69 Å². The van der Waals surface area contributed by atoms with Gasteiger partial charge in [-0.05, 0) is 36.4 Å². The van der Waals surface area contributed by atoms with Crippen molar-refractivity contribution in [2.45, 2.75) is 6.54 Å². The summed E-state index contributed by atoms with van der Waals surface area (Å²) in [7, 11) is 0. The third-order valence-electron chi connectivity index (χ3n) is 4.71. The fourth-order valence-corrected chi connectivity index (χ4v) is 3.34. The Morgan fingerprint density at radius 3 is 2.56 bits per heavy atom. The first-order chi connectivity index (χ1) is 13.2. The van der Waals surface area contributed by atoms with Crippen molar-refractivity contribution in [2.24, 2.45) is 0 Å². The number of hydrogen-bond acceptors (Lipinski definition) is 4. The van der Waals surface area contributed by atoms with Crippen molar-refractivity contribution in [1.82, 2.24) is 19.8 Å². The van der Waals surface area contributed by atoms with E-state index in [1.54, 1.807) is 24.3 Å². The molecular formula is C20H21ClN4O2. The van der Waals surface area contributed by atoms with Crippen molar-refractivity contribution in [3.05, 3.63) is 59.4 Å². The van der Waals surface area contributed by atoms with Crippen LogP contribution in [0.2, 0.25) is 5.02 Å². The molecule has 1 saturated heterocycles. The van der Waals surface area contributed by atoms with Crippen LogP contribution in [0.5, 0.6) is 5.75 Å². The minimum atomic E-state index is 0.00772. The summed E-state index contributed by atoms with van der Waals surface area (Å²) in [5.41, 5.74) is 2.04. The number of carbonyl (C=O) groups is 1. The second kappa shape index (κ2) is 7.98. The normalized spacial score (nSPS) is 15.2. The Morgan fingerprint density at radius 2 is 1.81 bits per heavy atom. The van der Waals surface area contributed by atoms with E-state index in [9.17, 15) is 4.79 Å². The smallest absolute Gasteiger partial charge is 0.260 e. The van der Waals surface area contributed by atoms with Gasteiger partial charge in [-0.15, -0.1) is 0 Å². The van der Waals surface area contributed by atoms with Crippen LogP contribution >= 0.6 is 11.6 Å². The molecule has 1 aromatic heterocycles. The Kier molecular flexibility index (Phi) is 5.27. The van der Waals surface area contributed by atoms with E-state index in [0.717, 1.165) is 36.5 Å². The summed E-state index contributed by atoms with van der Waals surface area (Å²) in [4.78, 5) is 24.5. The largest absolute Gasteiger partial charge is 0.484 e. The van der Waals surface area contributed by atoms with Crippen LogP contribution in [0.3, 0.4) is 0 Å². The molecule has 6 nitrogen and oxygen atoms in total. The number of piperazine rings is 1. The molecule has 4 rings (SSSR count). The Balaban J connectivity index is 1.25. The van der Waals surface area contributed by atoms with E-state index < -0.39 is 0 Å². The summed E-state index contributed by atoms with van der Waals surface area (Å²) in [6, 6.07) is 15.1. The molecule has 2 heterocycles. The highest BCUT2D eigenvalue weighted by Gasteiger charge is 2.22. The van der Waals surface area contributed by atoms with Crippen LogP contribution in [0, 0.1) is 0 Å². The van der Waals surface area contributed by atoms with Gasteiger partial charge < -0.3 is 14.6 Å². The maximum atomic E-state index is 12.4. The van der Waals surface area contributed by atoms with E-state index in [2.05, 4.69) is 14.9 Å². The zero-order valence-electron chi connectivity index (χ0n) is 14.9. The molecule has 0 saturated carbocycles. The van der Waals surface area contributed by atoms with Gasteiger partial charge in [0.1, 0.15) is 11.6 Å². The van der Waals surface area contributed by atoms with Gasteiger partial charge >= 0.3 is 0 Å². The number of hydrogen-bond donors (Lipinski definition) is 1. The van der Waals surface area contributed by atoms with Crippen LogP contribution in [0.25, 0.3) is 11.0 Å². The van der Waals surface area contributed by atoms with Gasteiger partial charge in [0, 0.05) is 31.2 Å². The number of fused-ring (bicyclic) bond motifs is 1. The zero-order chi connectivity index (χ0) is 18.6. The third kappa shape index (κ3) is 4.40.